The summed E-state index contributed by atoms with van der Waals surface area (Å²) in [5.74, 6) is 1.97. The summed E-state index contributed by atoms with van der Waals surface area (Å²) >= 11 is 0. The van der Waals surface area contributed by atoms with Crippen LogP contribution in [0.4, 0.5) is 0 Å². The summed E-state index contributed by atoms with van der Waals surface area (Å²) in [4.78, 5) is 11.6. The Morgan fingerprint density at radius 1 is 1.19 bits per heavy atom. The Balaban J connectivity index is 1.72. The zero-order valence-corrected chi connectivity index (χ0v) is 12.5. The summed E-state index contributed by atoms with van der Waals surface area (Å²) in [6, 6.07) is 5.36. The highest BCUT2D eigenvalue weighted by atomic mass is 16.5. The van der Waals surface area contributed by atoms with Crippen molar-refractivity contribution in [1.29, 1.82) is 0 Å². The van der Waals surface area contributed by atoms with Crippen molar-refractivity contribution >= 4 is 5.91 Å². The Morgan fingerprint density at radius 2 is 1.76 bits per heavy atom. The third-order valence-corrected chi connectivity index (χ3v) is 3.44. The molecule has 0 atom stereocenters. The van der Waals surface area contributed by atoms with Gasteiger partial charge in [-0.15, -0.1) is 0 Å². The van der Waals surface area contributed by atoms with E-state index in [4.69, 9.17) is 19.9 Å². The van der Waals surface area contributed by atoms with Crippen molar-refractivity contribution in [2.75, 3.05) is 27.4 Å². The summed E-state index contributed by atoms with van der Waals surface area (Å²) in [6.45, 7) is 1.05. The van der Waals surface area contributed by atoms with E-state index in [1.165, 1.54) is 0 Å². The number of amides is 1. The van der Waals surface area contributed by atoms with Gasteiger partial charge in [0.2, 0.25) is 5.91 Å². The maximum Gasteiger partial charge on any atom is 0.240 e. The Morgan fingerprint density at radius 3 is 2.29 bits per heavy atom. The number of nitrogens with two attached hydrogens (primary N) is 1. The molecule has 116 valence electrons. The van der Waals surface area contributed by atoms with Crippen molar-refractivity contribution in [2.24, 2.45) is 5.73 Å². The summed E-state index contributed by atoms with van der Waals surface area (Å²) in [5, 5.41) is 2.82. The summed E-state index contributed by atoms with van der Waals surface area (Å²) in [6.07, 6.45) is 2.26. The number of carbonyl (C=O) groups excluding carboxylic acids is 1. The zero-order valence-electron chi connectivity index (χ0n) is 12.5. The lowest BCUT2D eigenvalue weighted by atomic mass is 10.2. The smallest absolute Gasteiger partial charge is 0.240 e. The molecule has 0 heterocycles. The molecule has 6 heteroatoms. The van der Waals surface area contributed by atoms with Gasteiger partial charge in [-0.1, -0.05) is 0 Å². The Hall–Kier alpha value is -1.95. The van der Waals surface area contributed by atoms with Gasteiger partial charge in [0, 0.05) is 24.7 Å². The maximum absolute atomic E-state index is 11.6. The third kappa shape index (κ3) is 4.26. The standard InChI is InChI=1S/C15H22N2O4/c1-19-11-8-12(20-2)10-13(9-11)21-7-3-6-17-14(18)15(16)4-5-15/h8-10H,3-7,16H2,1-2H3,(H,17,18). The van der Waals surface area contributed by atoms with Crippen molar-refractivity contribution in [3.63, 3.8) is 0 Å². The second-order valence-corrected chi connectivity index (χ2v) is 5.16. The lowest BCUT2D eigenvalue weighted by Gasteiger charge is -2.12. The van der Waals surface area contributed by atoms with E-state index < -0.39 is 5.54 Å². The van der Waals surface area contributed by atoms with Gasteiger partial charge < -0.3 is 25.3 Å². The predicted octanol–water partition coefficient (Wildman–Crippen LogP) is 1.08. The fourth-order valence-corrected chi connectivity index (χ4v) is 1.87. The second kappa shape index (κ2) is 6.67. The van der Waals surface area contributed by atoms with Crippen LogP contribution in [0.5, 0.6) is 17.2 Å². The molecule has 6 nitrogen and oxygen atoms in total. The number of hydrogen-bond donors (Lipinski definition) is 2. The molecule has 21 heavy (non-hydrogen) atoms. The lowest BCUT2D eigenvalue weighted by molar-refractivity contribution is -0.123. The zero-order chi connectivity index (χ0) is 15.3. The molecule has 2 rings (SSSR count). The summed E-state index contributed by atoms with van der Waals surface area (Å²) in [5.41, 5.74) is 5.18. The first kappa shape index (κ1) is 15.4. The second-order valence-electron chi connectivity index (χ2n) is 5.16. The molecular formula is C15H22N2O4. The first-order valence-electron chi connectivity index (χ1n) is 7.00. The van der Waals surface area contributed by atoms with Gasteiger partial charge >= 0.3 is 0 Å². The van der Waals surface area contributed by atoms with Crippen molar-refractivity contribution in [2.45, 2.75) is 24.8 Å². The van der Waals surface area contributed by atoms with Gasteiger partial charge in [-0.25, -0.2) is 0 Å². The molecule has 1 aliphatic rings. The normalized spacial score (nSPS) is 15.2. The fourth-order valence-electron chi connectivity index (χ4n) is 1.87. The van der Waals surface area contributed by atoms with Crippen LogP contribution in [0.3, 0.4) is 0 Å². The molecule has 0 radical (unpaired) electrons. The van der Waals surface area contributed by atoms with Gasteiger partial charge in [0.25, 0.3) is 0 Å². The maximum atomic E-state index is 11.6. The molecule has 0 aliphatic heterocycles. The number of nitrogens with one attached hydrogen (secondary N) is 1. The SMILES string of the molecule is COc1cc(OC)cc(OCCCNC(=O)C2(N)CC2)c1. The third-order valence-electron chi connectivity index (χ3n) is 3.44. The van der Waals surface area contributed by atoms with E-state index in [0.717, 1.165) is 12.8 Å². The van der Waals surface area contributed by atoms with Crippen LogP contribution >= 0.6 is 0 Å². The van der Waals surface area contributed by atoms with E-state index in [0.29, 0.717) is 36.8 Å². The van der Waals surface area contributed by atoms with Crippen LogP contribution in [0, 0.1) is 0 Å². The van der Waals surface area contributed by atoms with E-state index >= 15 is 0 Å². The highest BCUT2D eigenvalue weighted by molar-refractivity contribution is 5.88. The monoisotopic (exact) mass is 294 g/mol. The van der Waals surface area contributed by atoms with Gasteiger partial charge in [0.15, 0.2) is 0 Å². The van der Waals surface area contributed by atoms with Gasteiger partial charge in [-0.05, 0) is 19.3 Å². The van der Waals surface area contributed by atoms with Gasteiger partial charge in [-0.3, -0.25) is 4.79 Å². The van der Waals surface area contributed by atoms with Crippen LogP contribution in [0.2, 0.25) is 0 Å². The molecule has 1 aromatic rings. The Bertz CT molecular complexity index is 478. The first-order chi connectivity index (χ1) is 10.1. The Labute approximate surface area is 124 Å². The predicted molar refractivity (Wildman–Crippen MR) is 78.8 cm³/mol. The van der Waals surface area contributed by atoms with E-state index in [2.05, 4.69) is 5.32 Å². The molecule has 0 spiro atoms. The van der Waals surface area contributed by atoms with Crippen LogP contribution < -0.4 is 25.3 Å². The number of hydrogen-bond acceptors (Lipinski definition) is 5. The molecule has 0 saturated heterocycles. The van der Waals surface area contributed by atoms with Crippen molar-refractivity contribution < 1.29 is 19.0 Å². The van der Waals surface area contributed by atoms with Crippen LogP contribution in [-0.4, -0.2) is 38.8 Å². The number of methoxy groups -OCH3 is 2. The number of rotatable bonds is 8. The molecule has 1 amide bonds. The van der Waals surface area contributed by atoms with E-state index in [9.17, 15) is 4.79 Å². The molecule has 0 unspecified atom stereocenters. The first-order valence-corrected chi connectivity index (χ1v) is 7.00. The van der Waals surface area contributed by atoms with Crippen molar-refractivity contribution in [3.05, 3.63) is 18.2 Å². The number of carbonyl (C=O) groups is 1. The van der Waals surface area contributed by atoms with Crippen LogP contribution in [0.15, 0.2) is 18.2 Å². The van der Waals surface area contributed by atoms with Gasteiger partial charge in [0.1, 0.15) is 17.2 Å². The lowest BCUT2D eigenvalue weighted by Crippen LogP contribution is -2.43. The minimum Gasteiger partial charge on any atom is -0.496 e. The topological polar surface area (TPSA) is 82.8 Å². The summed E-state index contributed by atoms with van der Waals surface area (Å²) in [7, 11) is 3.18. The minimum atomic E-state index is -0.610. The average Bonchev–Trinajstić information content (AvgIpc) is 3.25. The van der Waals surface area contributed by atoms with Crippen LogP contribution in [-0.2, 0) is 4.79 Å². The highest BCUT2D eigenvalue weighted by Crippen LogP contribution is 2.32. The molecule has 3 N–H and O–H groups in total. The molecule has 1 aliphatic carbocycles. The van der Waals surface area contributed by atoms with E-state index in [-0.39, 0.29) is 5.91 Å². The van der Waals surface area contributed by atoms with Crippen LogP contribution in [0.1, 0.15) is 19.3 Å². The Kier molecular flexibility index (Phi) is 4.90. The molecular weight excluding hydrogens is 272 g/mol. The number of ether oxygens (including phenoxy) is 3. The minimum absolute atomic E-state index is 0.0643. The quantitative estimate of drug-likeness (QED) is 0.701. The van der Waals surface area contributed by atoms with Gasteiger partial charge in [-0.2, -0.15) is 0 Å². The molecule has 1 saturated carbocycles. The van der Waals surface area contributed by atoms with Crippen LogP contribution in [0.25, 0.3) is 0 Å². The fraction of sp³-hybridized carbons (Fsp3) is 0.533. The van der Waals surface area contributed by atoms with E-state index in [1.54, 1.807) is 32.4 Å². The molecule has 0 bridgehead atoms. The van der Waals surface area contributed by atoms with E-state index in [1.807, 2.05) is 0 Å². The highest BCUT2D eigenvalue weighted by Gasteiger charge is 2.45. The van der Waals surface area contributed by atoms with Crippen molar-refractivity contribution in [3.8, 4) is 17.2 Å². The van der Waals surface area contributed by atoms with Gasteiger partial charge in [0.05, 0.1) is 26.4 Å². The molecule has 1 aromatic carbocycles. The van der Waals surface area contributed by atoms with Crippen molar-refractivity contribution in [1.82, 2.24) is 5.32 Å². The molecule has 0 aromatic heterocycles. The largest absolute Gasteiger partial charge is 0.496 e. The summed E-state index contributed by atoms with van der Waals surface area (Å²) < 4.78 is 16.0. The molecule has 1 fully saturated rings. The average molecular weight is 294 g/mol. The number of benzene rings is 1.